The van der Waals surface area contributed by atoms with Gasteiger partial charge in [-0.15, -0.1) is 12.4 Å². The monoisotopic (exact) mass is 381 g/mol. The topological polar surface area (TPSA) is 61.9 Å². The summed E-state index contributed by atoms with van der Waals surface area (Å²) in [5, 5.41) is 3.20. The molecule has 1 N–H and O–H groups in total. The first kappa shape index (κ1) is 20.5. The largest absolute Gasteiger partial charge is 0.497 e. The van der Waals surface area contributed by atoms with Crippen LogP contribution in [-0.4, -0.2) is 57.1 Å². The van der Waals surface area contributed by atoms with Gasteiger partial charge in [-0.1, -0.05) is 0 Å². The number of anilines is 1. The van der Waals surface area contributed by atoms with E-state index in [9.17, 15) is 9.59 Å². The van der Waals surface area contributed by atoms with Crippen molar-refractivity contribution < 1.29 is 14.3 Å². The molecule has 2 heterocycles. The highest BCUT2D eigenvalue weighted by molar-refractivity contribution is 6.00. The number of likely N-dealkylation sites (tertiary alicyclic amines) is 1. The Morgan fingerprint density at radius 1 is 1.27 bits per heavy atom. The summed E-state index contributed by atoms with van der Waals surface area (Å²) in [7, 11) is 3.56. The highest BCUT2D eigenvalue weighted by Crippen LogP contribution is 2.29. The first-order chi connectivity index (χ1) is 12.1. The second kappa shape index (κ2) is 9.24. The fraction of sp³-hybridized carbons (Fsp3) is 0.579. The van der Waals surface area contributed by atoms with Crippen molar-refractivity contribution in [2.75, 3.05) is 45.2 Å². The fourth-order valence-corrected chi connectivity index (χ4v) is 3.86. The second-order valence-corrected chi connectivity index (χ2v) is 6.95. The van der Waals surface area contributed by atoms with Gasteiger partial charge in [0.15, 0.2) is 0 Å². The van der Waals surface area contributed by atoms with Gasteiger partial charge < -0.3 is 19.9 Å². The highest BCUT2D eigenvalue weighted by Gasteiger charge is 2.38. The number of nitrogens with zero attached hydrogens (tertiary/aromatic N) is 2. The highest BCUT2D eigenvalue weighted by atomic mass is 35.5. The van der Waals surface area contributed by atoms with E-state index in [1.54, 1.807) is 12.0 Å². The molecule has 0 aliphatic carbocycles. The van der Waals surface area contributed by atoms with E-state index in [-0.39, 0.29) is 30.1 Å². The minimum atomic E-state index is -0.233. The van der Waals surface area contributed by atoms with Crippen LogP contribution >= 0.6 is 12.4 Å². The molecule has 3 rings (SSSR count). The van der Waals surface area contributed by atoms with Crippen molar-refractivity contribution in [3.8, 4) is 5.75 Å². The summed E-state index contributed by atoms with van der Waals surface area (Å²) in [6.45, 7) is 3.02. The third-order valence-corrected chi connectivity index (χ3v) is 5.18. The molecule has 0 spiro atoms. The number of benzene rings is 1. The van der Waals surface area contributed by atoms with Crippen molar-refractivity contribution in [1.29, 1.82) is 0 Å². The van der Waals surface area contributed by atoms with Crippen LogP contribution in [0.1, 0.15) is 19.3 Å². The molecule has 0 radical (unpaired) electrons. The number of ether oxygens (including phenoxy) is 1. The Morgan fingerprint density at radius 2 is 2.00 bits per heavy atom. The summed E-state index contributed by atoms with van der Waals surface area (Å²) in [6, 6.07) is 7.41. The smallest absolute Gasteiger partial charge is 0.228 e. The number of nitrogens with one attached hydrogen (secondary N) is 1. The average Bonchev–Trinajstić information content (AvgIpc) is 3.03. The Balaban J connectivity index is 0.00000243. The summed E-state index contributed by atoms with van der Waals surface area (Å²) >= 11 is 0. The normalized spacial score (nSPS) is 22.9. The fourth-order valence-electron chi connectivity index (χ4n) is 3.86. The molecule has 0 bridgehead atoms. The quantitative estimate of drug-likeness (QED) is 0.846. The Kier molecular flexibility index (Phi) is 7.29. The van der Waals surface area contributed by atoms with Crippen LogP contribution in [0, 0.1) is 11.8 Å². The van der Waals surface area contributed by atoms with Crippen molar-refractivity contribution in [2.24, 2.45) is 11.8 Å². The van der Waals surface area contributed by atoms with E-state index in [1.807, 2.05) is 36.2 Å². The number of piperidine rings is 1. The van der Waals surface area contributed by atoms with E-state index in [4.69, 9.17) is 4.74 Å². The molecule has 0 saturated carbocycles. The van der Waals surface area contributed by atoms with Gasteiger partial charge in [-0.05, 0) is 56.6 Å². The lowest BCUT2D eigenvalue weighted by atomic mass is 9.96. The van der Waals surface area contributed by atoms with Crippen LogP contribution in [0.25, 0.3) is 0 Å². The zero-order valence-corrected chi connectivity index (χ0v) is 16.3. The van der Waals surface area contributed by atoms with Gasteiger partial charge in [-0.25, -0.2) is 0 Å². The lowest BCUT2D eigenvalue weighted by molar-refractivity contribution is -0.137. The van der Waals surface area contributed by atoms with Crippen LogP contribution in [0.4, 0.5) is 5.69 Å². The van der Waals surface area contributed by atoms with Gasteiger partial charge in [0.25, 0.3) is 0 Å². The van der Waals surface area contributed by atoms with Crippen molar-refractivity contribution in [1.82, 2.24) is 10.2 Å². The second-order valence-electron chi connectivity index (χ2n) is 6.95. The van der Waals surface area contributed by atoms with Gasteiger partial charge in [0.2, 0.25) is 11.8 Å². The van der Waals surface area contributed by atoms with Crippen molar-refractivity contribution in [3.05, 3.63) is 24.3 Å². The average molecular weight is 382 g/mol. The van der Waals surface area contributed by atoms with Gasteiger partial charge in [0, 0.05) is 31.7 Å². The number of methoxy groups -OCH3 is 1. The molecule has 1 aromatic carbocycles. The zero-order chi connectivity index (χ0) is 17.8. The van der Waals surface area contributed by atoms with E-state index in [2.05, 4.69) is 5.32 Å². The lowest BCUT2D eigenvalue weighted by Crippen LogP contribution is -2.45. The van der Waals surface area contributed by atoms with Gasteiger partial charge in [-0.3, -0.25) is 9.59 Å². The van der Waals surface area contributed by atoms with Gasteiger partial charge in [0.05, 0.1) is 13.0 Å². The summed E-state index contributed by atoms with van der Waals surface area (Å²) in [6.07, 6.45) is 2.51. The predicted octanol–water partition coefficient (Wildman–Crippen LogP) is 1.93. The van der Waals surface area contributed by atoms with Gasteiger partial charge in [0.1, 0.15) is 5.75 Å². The number of carbonyl (C=O) groups is 2. The number of rotatable bonds is 5. The standard InChI is InChI=1S/C19H27N3O3.ClH/c1-20-11-14-4-3-9-21(12-14)19(24)15-10-18(23)22(13-15)16-5-7-17(25-2)8-6-16;/h5-8,14-15,20H,3-4,9-13H2,1-2H3;1H. The lowest BCUT2D eigenvalue weighted by Gasteiger charge is -2.34. The molecule has 0 aromatic heterocycles. The Bertz CT molecular complexity index is 621. The molecule has 1 aromatic rings. The molecule has 2 saturated heterocycles. The summed E-state index contributed by atoms with van der Waals surface area (Å²) in [4.78, 5) is 29.0. The summed E-state index contributed by atoms with van der Waals surface area (Å²) in [5.74, 6) is 1.19. The predicted molar refractivity (Wildman–Crippen MR) is 104 cm³/mol. The van der Waals surface area contributed by atoms with Crippen LogP contribution in [0.15, 0.2) is 24.3 Å². The first-order valence-electron chi connectivity index (χ1n) is 9.00. The van der Waals surface area contributed by atoms with E-state index in [0.29, 0.717) is 18.9 Å². The molecule has 2 atom stereocenters. The van der Waals surface area contributed by atoms with Crippen LogP contribution in [0.5, 0.6) is 5.75 Å². The van der Waals surface area contributed by atoms with Crippen molar-refractivity contribution in [2.45, 2.75) is 19.3 Å². The molecule has 26 heavy (non-hydrogen) atoms. The van der Waals surface area contributed by atoms with E-state index in [1.165, 1.54) is 0 Å². The van der Waals surface area contributed by atoms with E-state index < -0.39 is 0 Å². The maximum Gasteiger partial charge on any atom is 0.228 e. The van der Waals surface area contributed by atoms with E-state index in [0.717, 1.165) is 43.9 Å². The molecule has 2 aliphatic heterocycles. The third kappa shape index (κ3) is 4.48. The molecule has 2 unspecified atom stereocenters. The molecule has 7 heteroatoms. The molecule has 6 nitrogen and oxygen atoms in total. The maximum absolute atomic E-state index is 12.9. The van der Waals surface area contributed by atoms with Gasteiger partial charge in [-0.2, -0.15) is 0 Å². The van der Waals surface area contributed by atoms with Crippen LogP contribution < -0.4 is 15.0 Å². The summed E-state index contributed by atoms with van der Waals surface area (Å²) < 4.78 is 5.16. The number of hydrogen-bond donors (Lipinski definition) is 1. The molecule has 144 valence electrons. The van der Waals surface area contributed by atoms with Gasteiger partial charge >= 0.3 is 0 Å². The number of halogens is 1. The Hall–Kier alpha value is -1.79. The SMILES string of the molecule is CNCC1CCCN(C(=O)C2CC(=O)N(c3ccc(OC)cc3)C2)C1.Cl. The molecule has 2 fully saturated rings. The Labute approximate surface area is 161 Å². The Morgan fingerprint density at radius 3 is 2.65 bits per heavy atom. The van der Waals surface area contributed by atoms with E-state index >= 15 is 0 Å². The maximum atomic E-state index is 12.9. The number of amides is 2. The van der Waals surface area contributed by atoms with Crippen molar-refractivity contribution >= 4 is 29.9 Å². The molecule has 2 amide bonds. The molecular formula is C19H28ClN3O3. The van der Waals surface area contributed by atoms with Crippen LogP contribution in [0.2, 0.25) is 0 Å². The molecule has 2 aliphatic rings. The van der Waals surface area contributed by atoms with Crippen molar-refractivity contribution in [3.63, 3.8) is 0 Å². The number of hydrogen-bond acceptors (Lipinski definition) is 4. The first-order valence-corrected chi connectivity index (χ1v) is 9.00. The minimum Gasteiger partial charge on any atom is -0.497 e. The van der Waals surface area contributed by atoms with Crippen LogP contribution in [0.3, 0.4) is 0 Å². The third-order valence-electron chi connectivity index (χ3n) is 5.18. The molecular weight excluding hydrogens is 354 g/mol. The minimum absolute atomic E-state index is 0. The summed E-state index contributed by atoms with van der Waals surface area (Å²) in [5.41, 5.74) is 0.827. The van der Waals surface area contributed by atoms with Crippen LogP contribution in [-0.2, 0) is 9.59 Å². The number of carbonyl (C=O) groups excluding carboxylic acids is 2. The zero-order valence-electron chi connectivity index (χ0n) is 15.4.